The molecule has 2 aromatic rings. The van der Waals surface area contributed by atoms with Crippen molar-refractivity contribution in [2.75, 3.05) is 11.9 Å². The molecule has 25 heavy (non-hydrogen) atoms. The summed E-state index contributed by atoms with van der Waals surface area (Å²) in [5, 5.41) is 14.8. The number of nitrogens with one attached hydrogen (secondary N) is 2. The Bertz CT molecular complexity index is 697. The zero-order chi connectivity index (χ0) is 18.2. The zero-order valence-corrected chi connectivity index (χ0v) is 14.5. The second-order valence-electron chi connectivity index (χ2n) is 6.25. The third kappa shape index (κ3) is 5.72. The third-order valence-electron chi connectivity index (χ3n) is 3.95. The van der Waals surface area contributed by atoms with Crippen molar-refractivity contribution in [2.24, 2.45) is 5.92 Å². The van der Waals surface area contributed by atoms with Gasteiger partial charge in [-0.1, -0.05) is 56.3 Å². The van der Waals surface area contributed by atoms with E-state index >= 15 is 0 Å². The van der Waals surface area contributed by atoms with Gasteiger partial charge in [0.25, 0.3) is 0 Å². The Kier molecular flexibility index (Phi) is 6.71. The van der Waals surface area contributed by atoms with Crippen molar-refractivity contribution in [1.82, 2.24) is 5.32 Å². The van der Waals surface area contributed by atoms with E-state index in [2.05, 4.69) is 10.6 Å². The van der Waals surface area contributed by atoms with Crippen LogP contribution in [0.15, 0.2) is 54.6 Å². The maximum atomic E-state index is 11.9. The van der Waals surface area contributed by atoms with Gasteiger partial charge >= 0.3 is 11.8 Å². The van der Waals surface area contributed by atoms with Gasteiger partial charge in [0.15, 0.2) is 0 Å². The third-order valence-corrected chi connectivity index (χ3v) is 3.95. The number of carbonyl (C=O) groups excluding carboxylic acids is 2. The van der Waals surface area contributed by atoms with E-state index in [0.29, 0.717) is 12.1 Å². The SMILES string of the molecule is CC(C)C(O)CCNC(=O)C(=O)Nc1ccc(-c2ccccc2)cc1. The molecule has 5 heteroatoms. The number of benzene rings is 2. The van der Waals surface area contributed by atoms with Crippen LogP contribution in [0.1, 0.15) is 20.3 Å². The number of anilines is 1. The molecule has 0 fully saturated rings. The van der Waals surface area contributed by atoms with Crippen LogP contribution in [0.4, 0.5) is 5.69 Å². The number of aliphatic hydroxyl groups excluding tert-OH is 1. The van der Waals surface area contributed by atoms with Crippen molar-refractivity contribution < 1.29 is 14.7 Å². The summed E-state index contributed by atoms with van der Waals surface area (Å²) in [6.07, 6.45) is -0.0727. The van der Waals surface area contributed by atoms with E-state index < -0.39 is 17.9 Å². The normalized spacial score (nSPS) is 11.8. The lowest BCUT2D eigenvalue weighted by atomic mass is 10.0. The molecule has 2 aromatic carbocycles. The van der Waals surface area contributed by atoms with Crippen LogP contribution in [0.2, 0.25) is 0 Å². The van der Waals surface area contributed by atoms with Gasteiger partial charge in [-0.05, 0) is 35.6 Å². The van der Waals surface area contributed by atoms with Crippen LogP contribution in [0.25, 0.3) is 11.1 Å². The first kappa shape index (κ1) is 18.7. The van der Waals surface area contributed by atoms with Crippen LogP contribution >= 0.6 is 0 Å². The topological polar surface area (TPSA) is 78.4 Å². The molecule has 2 amide bonds. The van der Waals surface area contributed by atoms with Crippen LogP contribution in [0, 0.1) is 5.92 Å². The maximum Gasteiger partial charge on any atom is 0.313 e. The Morgan fingerprint density at radius 2 is 1.52 bits per heavy atom. The summed E-state index contributed by atoms with van der Waals surface area (Å²) in [6.45, 7) is 4.06. The van der Waals surface area contributed by atoms with Crippen LogP contribution in [-0.4, -0.2) is 29.6 Å². The van der Waals surface area contributed by atoms with Crippen molar-refractivity contribution in [3.8, 4) is 11.1 Å². The minimum Gasteiger partial charge on any atom is -0.393 e. The van der Waals surface area contributed by atoms with E-state index in [-0.39, 0.29) is 12.5 Å². The highest BCUT2D eigenvalue weighted by molar-refractivity contribution is 6.39. The van der Waals surface area contributed by atoms with Crippen molar-refractivity contribution >= 4 is 17.5 Å². The van der Waals surface area contributed by atoms with E-state index in [1.54, 1.807) is 12.1 Å². The summed E-state index contributed by atoms with van der Waals surface area (Å²) in [4.78, 5) is 23.7. The summed E-state index contributed by atoms with van der Waals surface area (Å²) in [7, 11) is 0. The summed E-state index contributed by atoms with van der Waals surface area (Å²) in [6, 6.07) is 17.2. The lowest BCUT2D eigenvalue weighted by Crippen LogP contribution is -2.37. The lowest BCUT2D eigenvalue weighted by Gasteiger charge is -2.14. The van der Waals surface area contributed by atoms with Gasteiger partial charge in [-0.2, -0.15) is 0 Å². The van der Waals surface area contributed by atoms with Crippen LogP contribution < -0.4 is 10.6 Å². The molecule has 2 rings (SSSR count). The zero-order valence-electron chi connectivity index (χ0n) is 14.5. The molecule has 1 unspecified atom stereocenters. The Balaban J connectivity index is 1.85. The molecule has 0 aliphatic carbocycles. The molecule has 0 aliphatic heterocycles. The van der Waals surface area contributed by atoms with Gasteiger partial charge in [0.05, 0.1) is 6.10 Å². The predicted molar refractivity (Wildman–Crippen MR) is 99.0 cm³/mol. The fourth-order valence-electron chi connectivity index (χ4n) is 2.31. The minimum atomic E-state index is -0.716. The van der Waals surface area contributed by atoms with Gasteiger partial charge in [0, 0.05) is 12.2 Å². The summed E-state index contributed by atoms with van der Waals surface area (Å²) in [5.74, 6) is -1.30. The van der Waals surface area contributed by atoms with Gasteiger partial charge in [-0.25, -0.2) is 0 Å². The molecule has 0 radical (unpaired) electrons. The average Bonchev–Trinajstić information content (AvgIpc) is 2.62. The van der Waals surface area contributed by atoms with Gasteiger partial charge < -0.3 is 15.7 Å². The van der Waals surface area contributed by atoms with Crippen molar-refractivity contribution in [3.05, 3.63) is 54.6 Å². The van der Waals surface area contributed by atoms with E-state index in [1.165, 1.54) is 0 Å². The predicted octanol–water partition coefficient (Wildman–Crippen LogP) is 2.82. The highest BCUT2D eigenvalue weighted by atomic mass is 16.3. The highest BCUT2D eigenvalue weighted by Gasteiger charge is 2.15. The smallest absolute Gasteiger partial charge is 0.313 e. The second-order valence-corrected chi connectivity index (χ2v) is 6.25. The molecule has 0 saturated heterocycles. The lowest BCUT2D eigenvalue weighted by molar-refractivity contribution is -0.136. The molecule has 0 saturated carbocycles. The number of aliphatic hydroxyl groups is 1. The number of hydrogen-bond donors (Lipinski definition) is 3. The molecule has 5 nitrogen and oxygen atoms in total. The fourth-order valence-corrected chi connectivity index (χ4v) is 2.31. The Hall–Kier alpha value is -2.66. The molecular formula is C20H24N2O3. The number of carbonyl (C=O) groups is 2. The fraction of sp³-hybridized carbons (Fsp3) is 0.300. The van der Waals surface area contributed by atoms with Crippen molar-refractivity contribution in [3.63, 3.8) is 0 Å². The minimum absolute atomic E-state index is 0.119. The van der Waals surface area contributed by atoms with Crippen LogP contribution in [-0.2, 0) is 9.59 Å². The first-order valence-electron chi connectivity index (χ1n) is 8.40. The monoisotopic (exact) mass is 340 g/mol. The Morgan fingerprint density at radius 3 is 2.12 bits per heavy atom. The molecule has 132 valence electrons. The molecule has 0 aromatic heterocycles. The Labute approximate surface area is 148 Å². The number of amides is 2. The largest absolute Gasteiger partial charge is 0.393 e. The van der Waals surface area contributed by atoms with Crippen LogP contribution in [0.5, 0.6) is 0 Å². The second kappa shape index (κ2) is 8.99. The quantitative estimate of drug-likeness (QED) is 0.708. The molecule has 0 bridgehead atoms. The maximum absolute atomic E-state index is 11.9. The van der Waals surface area contributed by atoms with E-state index in [1.807, 2.05) is 56.3 Å². The van der Waals surface area contributed by atoms with Gasteiger partial charge in [0.1, 0.15) is 0 Å². The first-order valence-corrected chi connectivity index (χ1v) is 8.40. The number of rotatable bonds is 6. The van der Waals surface area contributed by atoms with Gasteiger partial charge in [0.2, 0.25) is 0 Å². The Morgan fingerprint density at radius 1 is 0.920 bits per heavy atom. The number of hydrogen-bond acceptors (Lipinski definition) is 3. The summed E-state index contributed by atoms with van der Waals surface area (Å²) >= 11 is 0. The summed E-state index contributed by atoms with van der Waals surface area (Å²) in [5.41, 5.74) is 2.68. The van der Waals surface area contributed by atoms with Gasteiger partial charge in [-0.3, -0.25) is 9.59 Å². The molecule has 1 atom stereocenters. The van der Waals surface area contributed by atoms with Gasteiger partial charge in [-0.15, -0.1) is 0 Å². The van der Waals surface area contributed by atoms with Crippen molar-refractivity contribution in [2.45, 2.75) is 26.4 Å². The van der Waals surface area contributed by atoms with E-state index in [0.717, 1.165) is 11.1 Å². The first-order chi connectivity index (χ1) is 12.0. The van der Waals surface area contributed by atoms with Crippen molar-refractivity contribution in [1.29, 1.82) is 0 Å². The van der Waals surface area contributed by atoms with Crippen LogP contribution in [0.3, 0.4) is 0 Å². The molecular weight excluding hydrogens is 316 g/mol. The molecule has 3 N–H and O–H groups in total. The van der Waals surface area contributed by atoms with E-state index in [9.17, 15) is 14.7 Å². The van der Waals surface area contributed by atoms with E-state index in [4.69, 9.17) is 0 Å². The molecule has 0 aliphatic rings. The molecule has 0 heterocycles. The average molecular weight is 340 g/mol. The standard InChI is InChI=1S/C20H24N2O3/c1-14(2)18(23)12-13-21-19(24)20(25)22-17-10-8-16(9-11-17)15-6-4-3-5-7-15/h3-11,14,18,23H,12-13H2,1-2H3,(H,21,24)(H,22,25). The highest BCUT2D eigenvalue weighted by Crippen LogP contribution is 2.20. The summed E-state index contributed by atoms with van der Waals surface area (Å²) < 4.78 is 0. The molecule has 0 spiro atoms.